The van der Waals surface area contributed by atoms with Crippen LogP contribution in [0.2, 0.25) is 5.02 Å². The van der Waals surface area contributed by atoms with Gasteiger partial charge in [-0.25, -0.2) is 4.79 Å². The summed E-state index contributed by atoms with van der Waals surface area (Å²) in [6.07, 6.45) is 0.445. The maximum atomic E-state index is 11.3. The Balaban J connectivity index is 1.97. The number of halogens is 1. The summed E-state index contributed by atoms with van der Waals surface area (Å²) in [7, 11) is 0. The van der Waals surface area contributed by atoms with Crippen LogP contribution in [0.5, 0.6) is 17.2 Å². The quantitative estimate of drug-likeness (QED) is 0.693. The molecule has 4 nitrogen and oxygen atoms in total. The lowest BCUT2D eigenvalue weighted by molar-refractivity contribution is -0.145. The molecule has 24 heavy (non-hydrogen) atoms. The maximum absolute atomic E-state index is 11.3. The normalized spacial score (nSPS) is 12.0. The Morgan fingerprint density at radius 1 is 0.958 bits per heavy atom. The van der Waals surface area contributed by atoms with E-state index in [0.717, 1.165) is 6.42 Å². The molecule has 0 fully saturated rings. The molecule has 0 aliphatic carbocycles. The van der Waals surface area contributed by atoms with Crippen molar-refractivity contribution in [3.05, 3.63) is 53.6 Å². The van der Waals surface area contributed by atoms with Crippen molar-refractivity contribution < 1.29 is 19.4 Å². The molecule has 5 heteroatoms. The van der Waals surface area contributed by atoms with E-state index in [1.807, 2.05) is 0 Å². The van der Waals surface area contributed by atoms with E-state index in [2.05, 4.69) is 13.8 Å². The Hall–Kier alpha value is -2.20. The molecule has 0 saturated heterocycles. The lowest BCUT2D eigenvalue weighted by Gasteiger charge is -2.16. The Morgan fingerprint density at radius 3 is 1.96 bits per heavy atom. The fourth-order valence-electron chi connectivity index (χ4n) is 2.11. The summed E-state index contributed by atoms with van der Waals surface area (Å²) in [4.78, 5) is 11.3. The molecule has 1 atom stereocenters. The van der Waals surface area contributed by atoms with Gasteiger partial charge in [0.05, 0.1) is 0 Å². The second-order valence-electron chi connectivity index (χ2n) is 5.94. The van der Waals surface area contributed by atoms with Gasteiger partial charge in [-0.3, -0.25) is 0 Å². The summed E-state index contributed by atoms with van der Waals surface area (Å²) in [6, 6.07) is 13.9. The van der Waals surface area contributed by atoms with E-state index < -0.39 is 12.1 Å². The zero-order chi connectivity index (χ0) is 17.5. The lowest BCUT2D eigenvalue weighted by Crippen LogP contribution is -2.27. The fourth-order valence-corrected chi connectivity index (χ4v) is 2.23. The monoisotopic (exact) mass is 348 g/mol. The second kappa shape index (κ2) is 8.60. The summed E-state index contributed by atoms with van der Waals surface area (Å²) in [5, 5.41) is 9.90. The third-order valence-corrected chi connectivity index (χ3v) is 3.69. The van der Waals surface area contributed by atoms with Gasteiger partial charge in [-0.1, -0.05) is 25.4 Å². The minimum Gasteiger partial charge on any atom is -0.479 e. The van der Waals surface area contributed by atoms with Gasteiger partial charge in [-0.05, 0) is 67.3 Å². The van der Waals surface area contributed by atoms with E-state index in [-0.39, 0.29) is 0 Å². The van der Waals surface area contributed by atoms with Crippen LogP contribution in [-0.2, 0) is 4.79 Å². The molecule has 0 aliphatic rings. The van der Waals surface area contributed by atoms with Crippen molar-refractivity contribution in [2.24, 2.45) is 5.92 Å². The van der Waals surface area contributed by atoms with Crippen LogP contribution >= 0.6 is 11.6 Å². The number of carboxylic acid groups (broad SMARTS) is 1. The summed E-state index contributed by atoms with van der Waals surface area (Å²) in [5.74, 6) is 1.31. The van der Waals surface area contributed by atoms with Crippen LogP contribution in [0, 0.1) is 5.92 Å². The van der Waals surface area contributed by atoms with Crippen LogP contribution in [0.15, 0.2) is 48.5 Å². The van der Waals surface area contributed by atoms with E-state index >= 15 is 0 Å². The van der Waals surface area contributed by atoms with E-state index in [1.165, 1.54) is 0 Å². The van der Waals surface area contributed by atoms with Crippen molar-refractivity contribution in [1.29, 1.82) is 0 Å². The Morgan fingerprint density at radius 2 is 1.46 bits per heavy atom. The van der Waals surface area contributed by atoms with Crippen LogP contribution in [0.25, 0.3) is 0 Å². The van der Waals surface area contributed by atoms with Crippen LogP contribution in [0.3, 0.4) is 0 Å². The van der Waals surface area contributed by atoms with Crippen molar-refractivity contribution in [1.82, 2.24) is 0 Å². The molecule has 0 aliphatic heterocycles. The highest BCUT2D eigenvalue weighted by atomic mass is 35.5. The molecule has 2 aromatic carbocycles. The highest BCUT2D eigenvalue weighted by Gasteiger charge is 2.19. The molecule has 2 aromatic rings. The number of carboxylic acids is 1. The van der Waals surface area contributed by atoms with E-state index in [4.69, 9.17) is 21.1 Å². The van der Waals surface area contributed by atoms with Gasteiger partial charge in [0, 0.05) is 5.02 Å². The maximum Gasteiger partial charge on any atom is 0.344 e. The number of ether oxygens (including phenoxy) is 2. The topological polar surface area (TPSA) is 55.8 Å². The molecule has 0 heterocycles. The van der Waals surface area contributed by atoms with Crippen LogP contribution in [0.1, 0.15) is 26.7 Å². The summed E-state index contributed by atoms with van der Waals surface area (Å²) < 4.78 is 11.3. The predicted octanol–water partition coefficient (Wildman–Crippen LogP) is 5.40. The van der Waals surface area contributed by atoms with Crippen molar-refractivity contribution in [2.45, 2.75) is 32.8 Å². The minimum atomic E-state index is -0.947. The van der Waals surface area contributed by atoms with Crippen LogP contribution in [-0.4, -0.2) is 17.2 Å². The van der Waals surface area contributed by atoms with Gasteiger partial charge in [0.25, 0.3) is 0 Å². The molecule has 0 radical (unpaired) electrons. The number of aliphatic carboxylic acids is 1. The molecule has 0 aromatic heterocycles. The highest BCUT2D eigenvalue weighted by molar-refractivity contribution is 6.30. The fraction of sp³-hybridized carbons (Fsp3) is 0.316. The Labute approximate surface area is 147 Å². The van der Waals surface area contributed by atoms with Gasteiger partial charge in [0.1, 0.15) is 17.2 Å². The SMILES string of the molecule is CC(C)CCC(Oc1ccc(Oc2ccc(Cl)cc2)cc1)C(=O)O. The molecule has 0 bridgehead atoms. The van der Waals surface area contributed by atoms with Gasteiger partial charge in [-0.15, -0.1) is 0 Å². The third kappa shape index (κ3) is 5.78. The highest BCUT2D eigenvalue weighted by Crippen LogP contribution is 2.26. The second-order valence-corrected chi connectivity index (χ2v) is 6.38. The molecule has 0 saturated carbocycles. The molecule has 1 unspecified atom stereocenters. The first-order valence-electron chi connectivity index (χ1n) is 7.87. The van der Waals surface area contributed by atoms with Crippen molar-refractivity contribution in [3.8, 4) is 17.2 Å². The molecular formula is C19H21ClO4. The molecule has 2 rings (SSSR count). The van der Waals surface area contributed by atoms with Gasteiger partial charge in [0.15, 0.2) is 6.10 Å². The average Bonchev–Trinajstić information content (AvgIpc) is 2.54. The predicted molar refractivity (Wildman–Crippen MR) is 94.1 cm³/mol. The van der Waals surface area contributed by atoms with Gasteiger partial charge >= 0.3 is 5.97 Å². The molecule has 1 N–H and O–H groups in total. The number of carbonyl (C=O) groups is 1. The van der Waals surface area contributed by atoms with Gasteiger partial charge in [-0.2, -0.15) is 0 Å². The third-order valence-electron chi connectivity index (χ3n) is 3.43. The standard InChI is InChI=1S/C19H21ClO4/c1-13(2)3-12-18(19(21)22)24-17-10-8-16(9-11-17)23-15-6-4-14(20)5-7-15/h4-11,13,18H,3,12H2,1-2H3,(H,21,22). The van der Waals surface area contributed by atoms with Crippen molar-refractivity contribution in [3.63, 3.8) is 0 Å². The number of benzene rings is 2. The first kappa shape index (κ1) is 18.1. The molecular weight excluding hydrogens is 328 g/mol. The summed E-state index contributed by atoms with van der Waals surface area (Å²) in [5.41, 5.74) is 0. The largest absolute Gasteiger partial charge is 0.479 e. The molecule has 0 amide bonds. The summed E-state index contributed by atoms with van der Waals surface area (Å²) in [6.45, 7) is 4.11. The Bertz CT molecular complexity index is 650. The minimum absolute atomic E-state index is 0.436. The zero-order valence-corrected chi connectivity index (χ0v) is 14.5. The first-order valence-corrected chi connectivity index (χ1v) is 8.25. The number of hydrogen-bond donors (Lipinski definition) is 1. The number of hydrogen-bond acceptors (Lipinski definition) is 3. The van der Waals surface area contributed by atoms with E-state index in [0.29, 0.717) is 34.6 Å². The first-order chi connectivity index (χ1) is 11.4. The van der Waals surface area contributed by atoms with Crippen molar-refractivity contribution >= 4 is 17.6 Å². The zero-order valence-electron chi connectivity index (χ0n) is 13.7. The van der Waals surface area contributed by atoms with Crippen LogP contribution < -0.4 is 9.47 Å². The summed E-state index contributed by atoms with van der Waals surface area (Å²) >= 11 is 5.83. The van der Waals surface area contributed by atoms with Gasteiger partial charge < -0.3 is 14.6 Å². The molecule has 0 spiro atoms. The smallest absolute Gasteiger partial charge is 0.344 e. The average molecular weight is 349 g/mol. The van der Waals surface area contributed by atoms with E-state index in [1.54, 1.807) is 48.5 Å². The molecule has 128 valence electrons. The van der Waals surface area contributed by atoms with Gasteiger partial charge in [0.2, 0.25) is 0 Å². The van der Waals surface area contributed by atoms with Crippen molar-refractivity contribution in [2.75, 3.05) is 0 Å². The lowest BCUT2D eigenvalue weighted by atomic mass is 10.1. The number of rotatable bonds is 8. The Kier molecular flexibility index (Phi) is 6.50. The van der Waals surface area contributed by atoms with Crippen LogP contribution in [0.4, 0.5) is 0 Å². The van der Waals surface area contributed by atoms with E-state index in [9.17, 15) is 9.90 Å².